The topological polar surface area (TPSA) is 605 Å². The Balaban J connectivity index is 0.000000149. The third-order valence-corrected chi connectivity index (χ3v) is 37.3. The summed E-state index contributed by atoms with van der Waals surface area (Å²) in [4.78, 5) is 135. The van der Waals surface area contributed by atoms with Gasteiger partial charge in [0, 0.05) is 117 Å². The first-order chi connectivity index (χ1) is 57.3. The number of carbonyl (C=O) groups excluding carboxylic acids is 3. The molecule has 15 rings (SSSR count). The van der Waals surface area contributed by atoms with Crippen LogP contribution in [0.2, 0.25) is 0 Å². The first-order valence-electron chi connectivity index (χ1n) is 36.4. The predicted octanol–water partition coefficient (Wildman–Crippen LogP) is 12.0. The van der Waals surface area contributed by atoms with E-state index in [2.05, 4.69) is 26.5 Å². The molecule has 7 aliphatic rings. The lowest BCUT2D eigenvalue weighted by atomic mass is 10.1. The first kappa shape index (κ1) is 93.0. The number of nitrogens with zero attached hydrogens (tertiary/aromatic N) is 5. The van der Waals surface area contributed by atoms with Gasteiger partial charge in [-0.2, -0.15) is 0 Å². The van der Waals surface area contributed by atoms with E-state index in [-0.39, 0.29) is 85.3 Å². The van der Waals surface area contributed by atoms with E-state index in [9.17, 15) is 110 Å². The van der Waals surface area contributed by atoms with Crippen LogP contribution in [0.5, 0.6) is 28.7 Å². The summed E-state index contributed by atoms with van der Waals surface area (Å²) < 4.78 is 169. The molecule has 41 nitrogen and oxygen atoms in total. The number of piperidine rings is 1. The summed E-state index contributed by atoms with van der Waals surface area (Å²) in [6, 6.07) is 32.6. The molecule has 4 aromatic carbocycles. The molecule has 5 saturated heterocycles. The molecule has 0 bridgehead atoms. The molecule has 4 aromatic heterocycles. The number of aliphatic hydroxyl groups is 4. The molecule has 0 spiro atoms. The van der Waals surface area contributed by atoms with Crippen LogP contribution in [0.3, 0.4) is 0 Å². The number of benzene rings is 4. The highest BCUT2D eigenvalue weighted by Crippen LogP contribution is 2.83. The van der Waals surface area contributed by atoms with Crippen LogP contribution in [0, 0.1) is 5.92 Å². The molecule has 652 valence electrons. The Kier molecular flexibility index (Phi) is 28.0. The van der Waals surface area contributed by atoms with E-state index in [1.54, 1.807) is 18.7 Å². The van der Waals surface area contributed by atoms with Crippen molar-refractivity contribution < 1.29 is 170 Å². The highest BCUT2D eigenvalue weighted by Gasteiger charge is 2.71. The van der Waals surface area contributed by atoms with Gasteiger partial charge in [-0.1, -0.05) is 66.2 Å². The monoisotopic (exact) mass is 1850 g/mol. The summed E-state index contributed by atoms with van der Waals surface area (Å²) >= 11 is 0. The summed E-state index contributed by atoms with van der Waals surface area (Å²) in [5, 5.41) is 30.6. The number of rotatable bonds is 17. The van der Waals surface area contributed by atoms with Gasteiger partial charge in [-0.05, 0) is 154 Å². The van der Waals surface area contributed by atoms with Gasteiger partial charge in [0.15, 0.2) is 11.5 Å². The fourth-order valence-electron chi connectivity index (χ4n) is 12.1. The molecule has 8 atom stereocenters. The highest BCUT2D eigenvalue weighted by atomic mass is 31.3. The van der Waals surface area contributed by atoms with Crippen molar-refractivity contribution in [3.05, 3.63) is 258 Å². The van der Waals surface area contributed by atoms with Crippen LogP contribution in [0.15, 0.2) is 213 Å². The molecule has 6 aliphatic heterocycles. The number of pyridine rings is 4. The van der Waals surface area contributed by atoms with E-state index in [0.29, 0.717) is 18.8 Å². The molecule has 122 heavy (non-hydrogen) atoms. The predicted molar refractivity (Wildman–Crippen MR) is 421 cm³/mol. The van der Waals surface area contributed by atoms with Crippen molar-refractivity contribution in [2.45, 2.75) is 117 Å². The minimum Gasteiger partial charge on any atom is -0.426 e. The molecule has 0 radical (unpaired) electrons. The summed E-state index contributed by atoms with van der Waals surface area (Å²) in [6.07, 6.45) is 6.73. The van der Waals surface area contributed by atoms with Crippen molar-refractivity contribution >= 4 is 78.8 Å². The molecule has 1 saturated carbocycles. The number of fused-ring (bicyclic) bond motifs is 1. The highest BCUT2D eigenvalue weighted by molar-refractivity contribution is 7.75. The minimum atomic E-state index is -5.07. The van der Waals surface area contributed by atoms with Gasteiger partial charge in [-0.25, -0.2) is 9.59 Å². The zero-order valence-corrected chi connectivity index (χ0v) is 71.0. The normalized spacial score (nSPS) is 32.7. The second kappa shape index (κ2) is 36.8. The van der Waals surface area contributed by atoms with Crippen LogP contribution in [-0.2, 0) is 108 Å². The fourth-order valence-corrected chi connectivity index (χ4v) is 26.5. The lowest BCUT2D eigenvalue weighted by Crippen LogP contribution is -2.38. The van der Waals surface area contributed by atoms with Crippen LogP contribution < -0.4 is 23.7 Å². The molecule has 8 aromatic rings. The van der Waals surface area contributed by atoms with Crippen LogP contribution in [0.1, 0.15) is 116 Å². The third kappa shape index (κ3) is 20.7. The number of aromatic nitrogens is 4. The number of hydrogen-bond donors (Lipinski definition) is 12. The van der Waals surface area contributed by atoms with Crippen molar-refractivity contribution in [3.8, 4) is 28.7 Å². The van der Waals surface area contributed by atoms with Gasteiger partial charge in [-0.3, -0.25) is 97.4 Å². The van der Waals surface area contributed by atoms with E-state index in [1.165, 1.54) is 195 Å². The Morgan fingerprint density at radius 3 is 1.02 bits per heavy atom. The Labute approximate surface area is 693 Å². The molecule has 1 aliphatic carbocycles. The number of likely N-dealkylation sites (tertiary alicyclic amines) is 1. The van der Waals surface area contributed by atoms with Gasteiger partial charge in [-0.15, -0.1) is 0 Å². The number of carbonyl (C=O) groups is 3. The Bertz CT molecular complexity index is 5520. The van der Waals surface area contributed by atoms with Crippen molar-refractivity contribution in [1.29, 1.82) is 0 Å². The molecule has 10 heterocycles. The van der Waals surface area contributed by atoms with Crippen molar-refractivity contribution in [2.24, 2.45) is 5.92 Å². The van der Waals surface area contributed by atoms with E-state index in [1.807, 2.05) is 0 Å². The molecule has 1 amide bonds. The van der Waals surface area contributed by atoms with E-state index in [4.69, 9.17) is 59.9 Å². The lowest BCUT2D eigenvalue weighted by Gasteiger charge is -2.41. The molecule has 8 unspecified atom stereocenters. The maximum Gasteiger partial charge on any atom is 0.415 e. The molecular formula is C73H79N5O36P8. The summed E-state index contributed by atoms with van der Waals surface area (Å²) in [5.74, 6) is 0.234. The second-order valence-corrected chi connectivity index (χ2v) is 45.7. The van der Waals surface area contributed by atoms with Crippen LogP contribution in [-0.4, -0.2) is 136 Å². The van der Waals surface area contributed by atoms with Crippen LogP contribution in [0.25, 0.3) is 0 Å². The van der Waals surface area contributed by atoms with E-state index >= 15 is 0 Å². The van der Waals surface area contributed by atoms with E-state index < -0.39 is 144 Å². The standard InChI is InChI=1S/C20H24N2O9P2.C19H21NO9P2.C18H19NO9P2.C16H15NO9P2/c23-19(22-11-2-1-3-12-22)29-17-8-6-16(7-9-17)18-30-32(25,26)20(24,33(27,28)31-18)13-15-5-4-10-21-14-15;1-13(2)10-17(21)27-16-7-5-15(6-8-16)18-28-30(23,24)19(22,31(25,26)29-18)11-14-4-3-9-20-12-14;20-16(13-3-4-13)26-15-7-5-14(6-8-15)17-27-29(22,23)18(21,30(24,25)28-17)10-12-2-1-9-19-11-12;1-10-23-13-5-4-12(7-14(13)24-10)15-25-27(19,20)16(18,28(21,22)26-15)8-11-3-2-6-17-9-11/h4-10,14,18,24H,1-3,11-13H2,(H,25,26)(H,27,28);3-10,12,18,22H,11H2,1-2H3,(H,23,24)(H,25,26);1-2,5-9,11,13,17,21H,3-4,10H2,(H,22,23)(H,24,25);2-7,9,15,18H,1,8H2,(H,19,20)(H,21,22). The van der Waals surface area contributed by atoms with Gasteiger partial charge in [0.1, 0.15) is 17.2 Å². The number of amides is 1. The number of allylic oxidation sites excluding steroid dienone is 1. The second-order valence-electron chi connectivity index (χ2n) is 28.3. The lowest BCUT2D eigenvalue weighted by molar-refractivity contribution is -0.135. The number of esters is 2. The Morgan fingerprint density at radius 2 is 0.713 bits per heavy atom. The average molecular weight is 1850 g/mol. The summed E-state index contributed by atoms with van der Waals surface area (Å²) in [6.45, 7) is 8.22. The minimum absolute atomic E-state index is 0.0316. The van der Waals surface area contributed by atoms with Crippen LogP contribution in [0.4, 0.5) is 4.79 Å². The van der Waals surface area contributed by atoms with Gasteiger partial charge in [0.2, 0.25) is 25.2 Å². The van der Waals surface area contributed by atoms with Gasteiger partial charge in [0.25, 0.3) is 26.3 Å². The fraction of sp³-hybridized carbons (Fsp3) is 0.301. The number of ether oxygens (including phenoxy) is 5. The van der Waals surface area contributed by atoms with Gasteiger partial charge < -0.3 is 88.2 Å². The molecule has 49 heteroatoms. The van der Waals surface area contributed by atoms with Gasteiger partial charge in [0.05, 0.1) is 5.92 Å². The zero-order valence-electron chi connectivity index (χ0n) is 63.8. The summed E-state index contributed by atoms with van der Waals surface area (Å²) in [7, 11) is -40.5. The largest absolute Gasteiger partial charge is 0.426 e. The quantitative estimate of drug-likeness (QED) is 0.0174. The van der Waals surface area contributed by atoms with Crippen molar-refractivity contribution in [1.82, 2.24) is 24.8 Å². The Morgan fingerprint density at radius 1 is 0.418 bits per heavy atom. The maximum absolute atomic E-state index is 12.9. The molecule has 12 N–H and O–H groups in total. The van der Waals surface area contributed by atoms with Crippen LogP contribution >= 0.6 is 60.8 Å². The molecular weight excluding hydrogens is 1770 g/mol. The van der Waals surface area contributed by atoms with Gasteiger partial charge >= 0.3 is 78.8 Å². The van der Waals surface area contributed by atoms with Crippen molar-refractivity contribution in [2.75, 3.05) is 13.1 Å². The maximum atomic E-state index is 12.9. The first-order valence-corrected chi connectivity index (χ1v) is 49.0. The molecule has 6 fully saturated rings. The number of hydrogen-bond acceptors (Lipinski definition) is 32. The average Bonchev–Trinajstić information content (AvgIpc) is 0.971. The van der Waals surface area contributed by atoms with E-state index in [0.717, 1.165) is 37.7 Å². The third-order valence-electron chi connectivity index (χ3n) is 18.9. The van der Waals surface area contributed by atoms with Crippen molar-refractivity contribution in [3.63, 3.8) is 0 Å². The SMILES string of the molecule is C=C1Oc2ccc(C3OP(=O)(O)C(O)(Cc4cccnc4)P(=O)(O)O3)cc2O1.CC(C)=CC(=O)Oc1ccc(C2OP(=O)(O)C(O)(Cc3cccnc3)P(=O)(O)O2)cc1.O=C(Oc1ccc(C2OP(=O)(O)C(O)(Cc3cccnc3)P(=O)(O)O2)cc1)C1CC1.O=C(Oc1ccc(C2OP(=O)(O)C(O)(Cc3cccnc3)P(=O)(O)O2)cc1)N1CCCCC1. The summed E-state index contributed by atoms with van der Waals surface area (Å²) in [5.41, 5.74) is 2.21. The Hall–Kier alpha value is -8.19. The smallest absolute Gasteiger partial charge is 0.415 e. The zero-order chi connectivity index (χ0) is 88.3.